The highest BCUT2D eigenvalue weighted by Gasteiger charge is 2.13. The summed E-state index contributed by atoms with van der Waals surface area (Å²) in [6.45, 7) is 3.87. The van der Waals surface area contributed by atoms with Gasteiger partial charge in [0.1, 0.15) is 17.3 Å². The van der Waals surface area contributed by atoms with Crippen LogP contribution in [0, 0.1) is 18.8 Å². The molecule has 7 nitrogen and oxygen atoms in total. The van der Waals surface area contributed by atoms with Crippen molar-refractivity contribution in [2.24, 2.45) is 0 Å². The van der Waals surface area contributed by atoms with E-state index >= 15 is 0 Å². The molecule has 3 rings (SSSR count). The SMILES string of the molecule is CCc1ncnc(-c2ccc(OC)c(OC)c2)c1C#Cc1cnc(C)c(NS(C)=O)c1. The van der Waals surface area contributed by atoms with Crippen molar-refractivity contribution in [1.29, 1.82) is 0 Å². The first-order chi connectivity index (χ1) is 15.0. The minimum Gasteiger partial charge on any atom is -0.493 e. The van der Waals surface area contributed by atoms with Crippen molar-refractivity contribution >= 4 is 16.7 Å². The van der Waals surface area contributed by atoms with Crippen LogP contribution in [-0.2, 0) is 17.4 Å². The van der Waals surface area contributed by atoms with E-state index in [2.05, 4.69) is 31.5 Å². The maximum atomic E-state index is 11.5. The Kier molecular flexibility index (Phi) is 7.21. The van der Waals surface area contributed by atoms with Crippen molar-refractivity contribution in [2.45, 2.75) is 20.3 Å². The number of aryl methyl sites for hydroxylation is 2. The quantitative estimate of drug-likeness (QED) is 0.595. The van der Waals surface area contributed by atoms with Gasteiger partial charge in [0, 0.05) is 23.6 Å². The molecule has 31 heavy (non-hydrogen) atoms. The number of hydrogen-bond acceptors (Lipinski definition) is 6. The van der Waals surface area contributed by atoms with Crippen LogP contribution >= 0.6 is 0 Å². The Hall–Kier alpha value is -3.44. The molecule has 1 N–H and O–H groups in total. The second-order valence-corrected chi connectivity index (χ2v) is 7.74. The van der Waals surface area contributed by atoms with Gasteiger partial charge in [0.2, 0.25) is 0 Å². The molecule has 0 amide bonds. The second kappa shape index (κ2) is 10.0. The number of nitrogens with one attached hydrogen (secondary N) is 1. The van der Waals surface area contributed by atoms with Gasteiger partial charge in [-0.15, -0.1) is 0 Å². The Balaban J connectivity index is 2.09. The molecular weight excluding hydrogens is 412 g/mol. The van der Waals surface area contributed by atoms with Gasteiger partial charge in [-0.3, -0.25) is 4.98 Å². The highest BCUT2D eigenvalue weighted by molar-refractivity contribution is 7.85. The normalized spacial score (nSPS) is 11.3. The minimum absolute atomic E-state index is 0.613. The van der Waals surface area contributed by atoms with Gasteiger partial charge in [0.05, 0.1) is 42.6 Å². The zero-order chi connectivity index (χ0) is 22.4. The minimum atomic E-state index is -1.20. The van der Waals surface area contributed by atoms with Crippen LogP contribution in [-0.4, -0.2) is 39.6 Å². The first-order valence-electron chi connectivity index (χ1n) is 9.61. The molecule has 0 aliphatic carbocycles. The maximum Gasteiger partial charge on any atom is 0.161 e. The number of nitrogens with zero attached hydrogens (tertiary/aromatic N) is 3. The van der Waals surface area contributed by atoms with E-state index in [4.69, 9.17) is 9.47 Å². The Morgan fingerprint density at radius 3 is 2.52 bits per heavy atom. The van der Waals surface area contributed by atoms with Crippen molar-refractivity contribution in [2.75, 3.05) is 25.2 Å². The Morgan fingerprint density at radius 1 is 1.06 bits per heavy atom. The molecule has 3 aromatic rings. The largest absolute Gasteiger partial charge is 0.493 e. The van der Waals surface area contributed by atoms with Crippen molar-refractivity contribution in [3.63, 3.8) is 0 Å². The average molecular weight is 437 g/mol. The van der Waals surface area contributed by atoms with E-state index < -0.39 is 11.0 Å². The summed E-state index contributed by atoms with van der Waals surface area (Å²) in [6, 6.07) is 7.46. The van der Waals surface area contributed by atoms with E-state index in [0.717, 1.165) is 22.5 Å². The van der Waals surface area contributed by atoms with Gasteiger partial charge in [0.15, 0.2) is 11.5 Å². The van der Waals surface area contributed by atoms with E-state index in [9.17, 15) is 4.21 Å². The van der Waals surface area contributed by atoms with Gasteiger partial charge in [-0.1, -0.05) is 18.8 Å². The lowest BCUT2D eigenvalue weighted by molar-refractivity contribution is 0.355. The lowest BCUT2D eigenvalue weighted by Crippen LogP contribution is -2.04. The summed E-state index contributed by atoms with van der Waals surface area (Å²) in [5.41, 5.74) is 5.30. The highest BCUT2D eigenvalue weighted by Crippen LogP contribution is 2.33. The maximum absolute atomic E-state index is 11.5. The van der Waals surface area contributed by atoms with Crippen LogP contribution in [0.25, 0.3) is 11.3 Å². The zero-order valence-electron chi connectivity index (χ0n) is 18.1. The molecule has 8 heteroatoms. The third-order valence-electron chi connectivity index (χ3n) is 4.59. The fraction of sp³-hybridized carbons (Fsp3) is 0.261. The van der Waals surface area contributed by atoms with Crippen molar-refractivity contribution in [3.8, 4) is 34.6 Å². The second-order valence-electron chi connectivity index (χ2n) is 6.63. The fourth-order valence-electron chi connectivity index (χ4n) is 3.02. The van der Waals surface area contributed by atoms with Crippen LogP contribution in [0.5, 0.6) is 11.5 Å². The Labute approximate surface area is 184 Å². The summed E-state index contributed by atoms with van der Waals surface area (Å²) in [6.07, 6.45) is 5.52. The molecule has 0 radical (unpaired) electrons. The Morgan fingerprint density at radius 2 is 1.84 bits per heavy atom. The van der Waals surface area contributed by atoms with Gasteiger partial charge < -0.3 is 14.2 Å². The fourth-order valence-corrected chi connectivity index (χ4v) is 3.53. The number of methoxy groups -OCH3 is 2. The molecule has 1 aromatic carbocycles. The number of ether oxygens (including phenoxy) is 2. The molecule has 160 valence electrons. The van der Waals surface area contributed by atoms with E-state index in [0.29, 0.717) is 34.9 Å². The lowest BCUT2D eigenvalue weighted by Gasteiger charge is -2.11. The molecule has 0 aliphatic rings. The van der Waals surface area contributed by atoms with Gasteiger partial charge in [-0.25, -0.2) is 14.2 Å². The predicted molar refractivity (Wildman–Crippen MR) is 123 cm³/mol. The molecule has 2 aromatic heterocycles. The smallest absolute Gasteiger partial charge is 0.161 e. The summed E-state index contributed by atoms with van der Waals surface area (Å²) < 4.78 is 25.2. The number of anilines is 1. The van der Waals surface area contributed by atoms with E-state index in [1.807, 2.05) is 38.1 Å². The summed E-state index contributed by atoms with van der Waals surface area (Å²) >= 11 is 0. The summed E-state index contributed by atoms with van der Waals surface area (Å²) in [4.78, 5) is 13.2. The molecule has 0 spiro atoms. The molecule has 1 atom stereocenters. The molecular formula is C23H24N4O3S. The van der Waals surface area contributed by atoms with Gasteiger partial charge in [-0.2, -0.15) is 0 Å². The van der Waals surface area contributed by atoms with E-state index in [1.165, 1.54) is 0 Å². The van der Waals surface area contributed by atoms with Gasteiger partial charge in [-0.05, 0) is 37.6 Å². The first-order valence-corrected chi connectivity index (χ1v) is 11.2. The molecule has 0 saturated heterocycles. The van der Waals surface area contributed by atoms with Crippen LogP contribution in [0.2, 0.25) is 0 Å². The standard InChI is InChI=1S/C23H24N4O3S/c1-6-19-18(9-7-16-11-20(27-31(5)28)15(2)24-13-16)23(26-14-25-19)17-8-10-21(29-3)22(12-17)30-4/h8,10-14,27H,6H2,1-5H3. The third kappa shape index (κ3) is 5.19. The van der Waals surface area contributed by atoms with Gasteiger partial charge >= 0.3 is 0 Å². The summed E-state index contributed by atoms with van der Waals surface area (Å²) in [5, 5.41) is 0. The lowest BCUT2D eigenvalue weighted by atomic mass is 10.0. The number of hydrogen-bond donors (Lipinski definition) is 1. The van der Waals surface area contributed by atoms with E-state index in [-0.39, 0.29) is 0 Å². The van der Waals surface area contributed by atoms with Crippen LogP contribution in [0.4, 0.5) is 5.69 Å². The number of benzene rings is 1. The number of rotatable bonds is 6. The van der Waals surface area contributed by atoms with Crippen molar-refractivity contribution in [1.82, 2.24) is 15.0 Å². The summed E-state index contributed by atoms with van der Waals surface area (Å²) in [5.74, 6) is 7.63. The summed E-state index contributed by atoms with van der Waals surface area (Å²) in [7, 11) is 2.00. The first kappa shape index (κ1) is 22.2. The molecule has 2 heterocycles. The van der Waals surface area contributed by atoms with Crippen molar-refractivity contribution < 1.29 is 13.7 Å². The monoisotopic (exact) mass is 436 g/mol. The van der Waals surface area contributed by atoms with Gasteiger partial charge in [0.25, 0.3) is 0 Å². The van der Waals surface area contributed by atoms with Crippen molar-refractivity contribution in [3.05, 3.63) is 59.3 Å². The molecule has 0 fully saturated rings. The van der Waals surface area contributed by atoms with Crippen LogP contribution in [0.1, 0.15) is 29.4 Å². The molecule has 0 bridgehead atoms. The topological polar surface area (TPSA) is 86.2 Å². The van der Waals surface area contributed by atoms with Crippen LogP contribution < -0.4 is 14.2 Å². The highest BCUT2D eigenvalue weighted by atomic mass is 32.2. The molecule has 0 aliphatic heterocycles. The van der Waals surface area contributed by atoms with E-state index in [1.54, 1.807) is 33.0 Å². The molecule has 0 saturated carbocycles. The third-order valence-corrected chi connectivity index (χ3v) is 5.10. The zero-order valence-corrected chi connectivity index (χ0v) is 19.0. The number of aromatic nitrogens is 3. The average Bonchev–Trinajstić information content (AvgIpc) is 2.78. The Bertz CT molecular complexity index is 1190. The predicted octanol–water partition coefficient (Wildman–Crippen LogP) is 3.53. The number of pyridine rings is 1. The van der Waals surface area contributed by atoms with Crippen LogP contribution in [0.3, 0.4) is 0 Å². The van der Waals surface area contributed by atoms with Crippen LogP contribution in [0.15, 0.2) is 36.8 Å². The molecule has 1 unspecified atom stereocenters.